The van der Waals surface area contributed by atoms with E-state index in [9.17, 15) is 13.2 Å². The molecule has 0 aliphatic carbocycles. The summed E-state index contributed by atoms with van der Waals surface area (Å²) < 4.78 is 24.8. The highest BCUT2D eigenvalue weighted by molar-refractivity contribution is 7.90. The molecule has 0 spiro atoms. The lowest BCUT2D eigenvalue weighted by molar-refractivity contribution is 0.0692. The normalized spacial score (nSPS) is 11.3. The van der Waals surface area contributed by atoms with Crippen LogP contribution in [-0.4, -0.2) is 19.5 Å². The van der Waals surface area contributed by atoms with Crippen molar-refractivity contribution in [1.82, 2.24) is 0 Å². The van der Waals surface area contributed by atoms with E-state index >= 15 is 0 Å². The van der Waals surface area contributed by atoms with Gasteiger partial charge < -0.3 is 5.11 Å². The zero-order valence-electron chi connectivity index (χ0n) is 11.6. The summed E-state index contributed by atoms with van der Waals surface area (Å²) in [4.78, 5) is 11.0. The molecule has 0 unspecified atom stereocenters. The molecule has 2 rings (SSSR count). The molecule has 0 aromatic heterocycles. The maximum Gasteiger partial charge on any atom is 0.337 e. The molecule has 1 N–H and O–H groups in total. The second-order valence-corrected chi connectivity index (χ2v) is 6.69. The van der Waals surface area contributed by atoms with Gasteiger partial charge in [-0.1, -0.05) is 43.3 Å². The number of hydrogen-bond acceptors (Lipinski definition) is 3. The van der Waals surface area contributed by atoms with E-state index in [-0.39, 0.29) is 16.2 Å². The number of aryl methyl sites for hydroxylation is 1. The van der Waals surface area contributed by atoms with Crippen LogP contribution in [0.4, 0.5) is 0 Å². The number of aromatic carboxylic acids is 1. The standard InChI is InChI=1S/C16H16O4S/c1-2-12-7-9-13(10-8-12)11-21(19,20)15-6-4-3-5-14(15)16(17)18/h3-10H,2,11H2,1H3,(H,17,18). The summed E-state index contributed by atoms with van der Waals surface area (Å²) in [5, 5.41) is 9.10. The molecule has 0 amide bonds. The van der Waals surface area contributed by atoms with Crippen LogP contribution in [0.15, 0.2) is 53.4 Å². The van der Waals surface area contributed by atoms with Gasteiger partial charge in [0.1, 0.15) is 0 Å². The predicted molar refractivity (Wildman–Crippen MR) is 80.1 cm³/mol. The maximum absolute atomic E-state index is 12.4. The molecule has 0 aliphatic rings. The Morgan fingerprint density at radius 3 is 2.14 bits per heavy atom. The number of rotatable bonds is 5. The Morgan fingerprint density at radius 1 is 1.00 bits per heavy atom. The third-order valence-electron chi connectivity index (χ3n) is 3.24. The van der Waals surface area contributed by atoms with Crippen LogP contribution in [0, 0.1) is 0 Å². The van der Waals surface area contributed by atoms with Crippen molar-refractivity contribution in [1.29, 1.82) is 0 Å². The number of carbonyl (C=O) groups is 1. The van der Waals surface area contributed by atoms with Crippen molar-refractivity contribution in [3.63, 3.8) is 0 Å². The van der Waals surface area contributed by atoms with Crippen LogP contribution in [0.1, 0.15) is 28.4 Å². The Bertz CT molecular complexity index is 746. The number of sulfone groups is 1. The zero-order valence-corrected chi connectivity index (χ0v) is 12.4. The van der Waals surface area contributed by atoms with Gasteiger partial charge in [-0.25, -0.2) is 13.2 Å². The highest BCUT2D eigenvalue weighted by Crippen LogP contribution is 2.21. The SMILES string of the molecule is CCc1ccc(CS(=O)(=O)c2ccccc2C(=O)O)cc1. The summed E-state index contributed by atoms with van der Waals surface area (Å²) in [6.45, 7) is 2.02. The Kier molecular flexibility index (Phi) is 4.43. The predicted octanol–water partition coefficient (Wildman–Crippen LogP) is 2.92. The molecule has 5 heteroatoms. The van der Waals surface area contributed by atoms with E-state index in [1.165, 1.54) is 24.3 Å². The molecule has 0 saturated carbocycles. The summed E-state index contributed by atoms with van der Waals surface area (Å²) >= 11 is 0. The van der Waals surface area contributed by atoms with Crippen molar-refractivity contribution >= 4 is 15.8 Å². The Morgan fingerprint density at radius 2 is 1.57 bits per heavy atom. The lowest BCUT2D eigenvalue weighted by Crippen LogP contribution is -2.11. The van der Waals surface area contributed by atoms with Crippen LogP contribution in [-0.2, 0) is 22.0 Å². The summed E-state index contributed by atoms with van der Waals surface area (Å²) in [5.74, 6) is -1.45. The molecule has 0 atom stereocenters. The lowest BCUT2D eigenvalue weighted by atomic mass is 10.1. The van der Waals surface area contributed by atoms with Gasteiger partial charge in [0.05, 0.1) is 16.2 Å². The van der Waals surface area contributed by atoms with E-state index in [1.807, 2.05) is 19.1 Å². The monoisotopic (exact) mass is 304 g/mol. The Labute approximate surface area is 124 Å². The summed E-state index contributed by atoms with van der Waals surface area (Å²) in [7, 11) is -3.69. The van der Waals surface area contributed by atoms with E-state index in [2.05, 4.69) is 0 Å². The zero-order chi connectivity index (χ0) is 15.5. The first-order chi connectivity index (χ1) is 9.94. The minimum Gasteiger partial charge on any atom is -0.478 e. The van der Waals surface area contributed by atoms with Gasteiger partial charge in [-0.3, -0.25) is 0 Å². The van der Waals surface area contributed by atoms with Crippen LogP contribution in [0.3, 0.4) is 0 Å². The molecular formula is C16H16O4S. The quantitative estimate of drug-likeness (QED) is 0.922. The first kappa shape index (κ1) is 15.3. The highest BCUT2D eigenvalue weighted by atomic mass is 32.2. The van der Waals surface area contributed by atoms with Crippen molar-refractivity contribution in [2.45, 2.75) is 24.0 Å². The molecule has 0 heterocycles. The van der Waals surface area contributed by atoms with Crippen LogP contribution >= 0.6 is 0 Å². The number of carboxylic acids is 1. The average molecular weight is 304 g/mol. The molecule has 0 aliphatic heterocycles. The van der Waals surface area contributed by atoms with Gasteiger partial charge in [0.25, 0.3) is 0 Å². The molecule has 4 nitrogen and oxygen atoms in total. The topological polar surface area (TPSA) is 71.4 Å². The molecule has 2 aromatic carbocycles. The third-order valence-corrected chi connectivity index (χ3v) is 4.98. The van der Waals surface area contributed by atoms with Crippen molar-refractivity contribution in [3.05, 3.63) is 65.2 Å². The van der Waals surface area contributed by atoms with Gasteiger partial charge in [0.2, 0.25) is 0 Å². The fraction of sp³-hybridized carbons (Fsp3) is 0.188. The average Bonchev–Trinajstić information content (AvgIpc) is 2.47. The van der Waals surface area contributed by atoms with Crippen LogP contribution in [0.2, 0.25) is 0 Å². The first-order valence-corrected chi connectivity index (χ1v) is 8.22. The number of benzene rings is 2. The number of carboxylic acid groups (broad SMARTS) is 1. The summed E-state index contributed by atoms with van der Waals surface area (Å²) in [6.07, 6.45) is 0.884. The highest BCUT2D eigenvalue weighted by Gasteiger charge is 2.22. The fourth-order valence-electron chi connectivity index (χ4n) is 2.08. The van der Waals surface area contributed by atoms with Crippen molar-refractivity contribution in [2.24, 2.45) is 0 Å². The van der Waals surface area contributed by atoms with Crippen molar-refractivity contribution < 1.29 is 18.3 Å². The van der Waals surface area contributed by atoms with Crippen molar-refractivity contribution in [2.75, 3.05) is 0 Å². The van der Waals surface area contributed by atoms with Gasteiger partial charge in [0.15, 0.2) is 9.84 Å². The number of hydrogen-bond donors (Lipinski definition) is 1. The molecule has 0 saturated heterocycles. The molecule has 0 bridgehead atoms. The lowest BCUT2D eigenvalue weighted by Gasteiger charge is -2.08. The van der Waals surface area contributed by atoms with Gasteiger partial charge in [-0.15, -0.1) is 0 Å². The van der Waals surface area contributed by atoms with Crippen LogP contribution in [0.5, 0.6) is 0 Å². The van der Waals surface area contributed by atoms with Crippen molar-refractivity contribution in [3.8, 4) is 0 Å². The van der Waals surface area contributed by atoms with E-state index in [4.69, 9.17) is 5.11 Å². The summed E-state index contributed by atoms with van der Waals surface area (Å²) in [6, 6.07) is 13.0. The van der Waals surface area contributed by atoms with Gasteiger partial charge in [0, 0.05) is 0 Å². The van der Waals surface area contributed by atoms with Gasteiger partial charge in [-0.2, -0.15) is 0 Å². The van der Waals surface area contributed by atoms with E-state index in [1.54, 1.807) is 12.1 Å². The molecule has 2 aromatic rings. The largest absolute Gasteiger partial charge is 0.478 e. The first-order valence-electron chi connectivity index (χ1n) is 6.57. The molecule has 21 heavy (non-hydrogen) atoms. The van der Waals surface area contributed by atoms with Gasteiger partial charge in [-0.05, 0) is 29.7 Å². The van der Waals surface area contributed by atoms with Gasteiger partial charge >= 0.3 is 5.97 Å². The maximum atomic E-state index is 12.4. The second kappa shape index (κ2) is 6.10. The molecule has 110 valence electrons. The Hall–Kier alpha value is -2.14. The molecule has 0 radical (unpaired) electrons. The van der Waals surface area contributed by atoms with Crippen LogP contribution < -0.4 is 0 Å². The molecule has 0 fully saturated rings. The van der Waals surface area contributed by atoms with E-state index in [0.29, 0.717) is 5.56 Å². The minimum absolute atomic E-state index is 0.142. The fourth-order valence-corrected chi connectivity index (χ4v) is 3.65. The summed E-state index contributed by atoms with van der Waals surface area (Å²) in [5.41, 5.74) is 1.58. The minimum atomic E-state index is -3.69. The van der Waals surface area contributed by atoms with Crippen LogP contribution in [0.25, 0.3) is 0 Å². The third kappa shape index (κ3) is 3.49. The van der Waals surface area contributed by atoms with E-state index in [0.717, 1.165) is 12.0 Å². The van der Waals surface area contributed by atoms with E-state index < -0.39 is 15.8 Å². The smallest absolute Gasteiger partial charge is 0.337 e. The molecular weight excluding hydrogens is 288 g/mol. The Balaban J connectivity index is 2.36. The second-order valence-electron chi connectivity index (χ2n) is 4.73.